The highest BCUT2D eigenvalue weighted by molar-refractivity contribution is 4.90. The molecule has 2 aliphatic rings. The minimum absolute atomic E-state index is 0.562. The highest BCUT2D eigenvalue weighted by Gasteiger charge is 2.35. The third kappa shape index (κ3) is 3.67. The van der Waals surface area contributed by atoms with Crippen molar-refractivity contribution in [2.75, 3.05) is 33.3 Å². The first-order valence-electron chi connectivity index (χ1n) is 7.33. The van der Waals surface area contributed by atoms with Crippen molar-refractivity contribution < 1.29 is 4.74 Å². The minimum Gasteiger partial charge on any atom is -0.378 e. The van der Waals surface area contributed by atoms with E-state index in [1.807, 2.05) is 0 Å². The molecule has 0 aromatic heterocycles. The number of nitrogens with zero attached hydrogens (tertiary/aromatic N) is 1. The van der Waals surface area contributed by atoms with Gasteiger partial charge in [-0.15, -0.1) is 0 Å². The van der Waals surface area contributed by atoms with Gasteiger partial charge in [0, 0.05) is 12.6 Å². The van der Waals surface area contributed by atoms with Gasteiger partial charge in [0.05, 0.1) is 6.10 Å². The average molecular weight is 240 g/mol. The molecule has 3 nitrogen and oxygen atoms in total. The number of hydrogen-bond donors (Lipinski definition) is 1. The van der Waals surface area contributed by atoms with E-state index in [0.717, 1.165) is 18.6 Å². The Morgan fingerprint density at radius 3 is 2.53 bits per heavy atom. The third-order valence-electron chi connectivity index (χ3n) is 4.44. The van der Waals surface area contributed by atoms with Crippen LogP contribution < -0.4 is 5.32 Å². The number of nitrogens with one attached hydrogen (secondary N) is 1. The smallest absolute Gasteiger partial charge is 0.0604 e. The van der Waals surface area contributed by atoms with Crippen LogP contribution in [0, 0.1) is 5.92 Å². The summed E-state index contributed by atoms with van der Waals surface area (Å²) in [6.45, 7) is 6.79. The van der Waals surface area contributed by atoms with Crippen LogP contribution in [-0.2, 0) is 4.74 Å². The molecule has 1 saturated carbocycles. The lowest BCUT2D eigenvalue weighted by atomic mass is 9.84. The van der Waals surface area contributed by atoms with Crippen LogP contribution in [-0.4, -0.2) is 50.3 Å². The molecule has 0 aromatic carbocycles. The van der Waals surface area contributed by atoms with Gasteiger partial charge in [-0.05, 0) is 71.6 Å². The third-order valence-corrected chi connectivity index (χ3v) is 4.44. The average Bonchev–Trinajstić information content (AvgIpc) is 2.32. The van der Waals surface area contributed by atoms with Crippen molar-refractivity contribution in [2.24, 2.45) is 5.92 Å². The molecule has 1 N–H and O–H groups in total. The van der Waals surface area contributed by atoms with Crippen LogP contribution in [0.15, 0.2) is 0 Å². The fourth-order valence-corrected chi connectivity index (χ4v) is 3.16. The predicted molar refractivity (Wildman–Crippen MR) is 71.3 cm³/mol. The summed E-state index contributed by atoms with van der Waals surface area (Å²) in [6, 6.07) is 0.830. The van der Waals surface area contributed by atoms with Crippen LogP contribution in [0.5, 0.6) is 0 Å². The molecule has 17 heavy (non-hydrogen) atoms. The van der Waals surface area contributed by atoms with Crippen LogP contribution in [0.3, 0.4) is 0 Å². The van der Waals surface area contributed by atoms with Gasteiger partial charge >= 0.3 is 0 Å². The molecule has 0 radical (unpaired) electrons. The number of piperidine rings is 1. The Morgan fingerprint density at radius 2 is 1.94 bits per heavy atom. The van der Waals surface area contributed by atoms with Crippen molar-refractivity contribution in [3.05, 3.63) is 0 Å². The molecule has 0 amide bonds. The Balaban J connectivity index is 1.60. The summed E-state index contributed by atoms with van der Waals surface area (Å²) in [4.78, 5) is 2.70. The van der Waals surface area contributed by atoms with Crippen molar-refractivity contribution in [1.29, 1.82) is 0 Å². The van der Waals surface area contributed by atoms with E-state index < -0.39 is 0 Å². The zero-order valence-corrected chi connectivity index (χ0v) is 11.5. The summed E-state index contributed by atoms with van der Waals surface area (Å²) in [5, 5.41) is 3.26. The lowest BCUT2D eigenvalue weighted by molar-refractivity contribution is -0.0536. The molecule has 2 rings (SSSR count). The number of hydrogen-bond acceptors (Lipinski definition) is 3. The van der Waals surface area contributed by atoms with Crippen molar-refractivity contribution in [3.8, 4) is 0 Å². The molecule has 0 spiro atoms. The standard InChI is InChI=1S/C14H28N2O/c1-3-17-14-10-13(11-14)16-8-5-12(6-9-16)4-7-15-2/h12-15H,3-11H2,1-2H3. The highest BCUT2D eigenvalue weighted by Crippen LogP contribution is 2.31. The molecule has 0 aromatic rings. The quantitative estimate of drug-likeness (QED) is 0.767. The van der Waals surface area contributed by atoms with E-state index in [4.69, 9.17) is 4.74 Å². The van der Waals surface area contributed by atoms with Gasteiger partial charge in [0.2, 0.25) is 0 Å². The van der Waals surface area contributed by atoms with Crippen LogP contribution in [0.2, 0.25) is 0 Å². The fourth-order valence-electron chi connectivity index (χ4n) is 3.16. The van der Waals surface area contributed by atoms with Gasteiger partial charge in [0.15, 0.2) is 0 Å². The maximum absolute atomic E-state index is 5.64. The van der Waals surface area contributed by atoms with Crippen molar-refractivity contribution in [1.82, 2.24) is 10.2 Å². The molecule has 1 aliphatic heterocycles. The molecule has 0 unspecified atom stereocenters. The number of rotatable bonds is 6. The molecular weight excluding hydrogens is 212 g/mol. The van der Waals surface area contributed by atoms with Crippen LogP contribution in [0.4, 0.5) is 0 Å². The van der Waals surface area contributed by atoms with E-state index in [1.54, 1.807) is 0 Å². The van der Waals surface area contributed by atoms with E-state index in [9.17, 15) is 0 Å². The van der Waals surface area contributed by atoms with E-state index in [-0.39, 0.29) is 0 Å². The van der Waals surface area contributed by atoms with E-state index in [0.29, 0.717) is 6.10 Å². The first kappa shape index (κ1) is 13.3. The Kier molecular flexibility index (Phi) is 5.26. The zero-order valence-electron chi connectivity index (χ0n) is 11.5. The lowest BCUT2D eigenvalue weighted by Crippen LogP contribution is -2.50. The maximum atomic E-state index is 5.64. The van der Waals surface area contributed by atoms with E-state index >= 15 is 0 Å². The summed E-state index contributed by atoms with van der Waals surface area (Å²) in [5.41, 5.74) is 0. The number of ether oxygens (including phenoxy) is 1. The molecule has 3 heteroatoms. The SMILES string of the molecule is CCOC1CC(N2CCC(CCNC)CC2)C1. The molecule has 1 aliphatic carbocycles. The molecule has 0 bridgehead atoms. The van der Waals surface area contributed by atoms with Gasteiger partial charge in [0.1, 0.15) is 0 Å². The van der Waals surface area contributed by atoms with Gasteiger partial charge in [-0.3, -0.25) is 0 Å². The van der Waals surface area contributed by atoms with Crippen molar-refractivity contribution >= 4 is 0 Å². The summed E-state index contributed by atoms with van der Waals surface area (Å²) in [7, 11) is 2.05. The lowest BCUT2D eigenvalue weighted by Gasteiger charge is -2.45. The van der Waals surface area contributed by atoms with Crippen LogP contribution in [0.25, 0.3) is 0 Å². The monoisotopic (exact) mass is 240 g/mol. The summed E-state index contributed by atoms with van der Waals surface area (Å²) >= 11 is 0. The van der Waals surface area contributed by atoms with Crippen molar-refractivity contribution in [3.63, 3.8) is 0 Å². The molecule has 1 saturated heterocycles. The van der Waals surface area contributed by atoms with Gasteiger partial charge < -0.3 is 15.0 Å². The van der Waals surface area contributed by atoms with Crippen LogP contribution >= 0.6 is 0 Å². The van der Waals surface area contributed by atoms with E-state index in [2.05, 4.69) is 24.2 Å². The number of likely N-dealkylation sites (tertiary alicyclic amines) is 1. The maximum Gasteiger partial charge on any atom is 0.0604 e. The Hall–Kier alpha value is -0.120. The Labute approximate surface area is 106 Å². The summed E-state index contributed by atoms with van der Waals surface area (Å²) in [5.74, 6) is 0.960. The molecule has 2 fully saturated rings. The minimum atomic E-state index is 0.562. The second-order valence-corrected chi connectivity index (χ2v) is 5.57. The largest absolute Gasteiger partial charge is 0.378 e. The van der Waals surface area contributed by atoms with Crippen molar-refractivity contribution in [2.45, 2.75) is 51.2 Å². The van der Waals surface area contributed by atoms with Gasteiger partial charge in [0.25, 0.3) is 0 Å². The summed E-state index contributed by atoms with van der Waals surface area (Å²) in [6.07, 6.45) is 7.27. The molecule has 1 heterocycles. The van der Waals surface area contributed by atoms with Gasteiger partial charge in [-0.2, -0.15) is 0 Å². The van der Waals surface area contributed by atoms with Gasteiger partial charge in [-0.25, -0.2) is 0 Å². The molecule has 100 valence electrons. The zero-order chi connectivity index (χ0) is 12.1. The Bertz CT molecular complexity index is 208. The molecular formula is C14H28N2O. The van der Waals surface area contributed by atoms with E-state index in [1.165, 1.54) is 51.7 Å². The molecule has 0 atom stereocenters. The fraction of sp³-hybridized carbons (Fsp3) is 1.00. The Morgan fingerprint density at radius 1 is 1.24 bits per heavy atom. The second kappa shape index (κ2) is 6.72. The summed E-state index contributed by atoms with van der Waals surface area (Å²) < 4.78 is 5.64. The predicted octanol–water partition coefficient (Wildman–Crippen LogP) is 1.88. The first-order valence-corrected chi connectivity index (χ1v) is 7.33. The first-order chi connectivity index (χ1) is 8.33. The topological polar surface area (TPSA) is 24.5 Å². The van der Waals surface area contributed by atoms with Crippen LogP contribution in [0.1, 0.15) is 39.0 Å². The normalized spacial score (nSPS) is 31.4. The highest BCUT2D eigenvalue weighted by atomic mass is 16.5. The van der Waals surface area contributed by atoms with Gasteiger partial charge in [-0.1, -0.05) is 0 Å². The second-order valence-electron chi connectivity index (χ2n) is 5.57.